The van der Waals surface area contributed by atoms with Gasteiger partial charge >= 0.3 is 0 Å². The maximum atomic E-state index is 11.9. The maximum absolute atomic E-state index is 11.9. The number of aryl methyl sites for hydroxylation is 2. The number of carbonyl (C=O) groups is 1. The first-order valence-corrected chi connectivity index (χ1v) is 8.35. The highest BCUT2D eigenvalue weighted by atomic mass is 32.1. The van der Waals surface area contributed by atoms with E-state index >= 15 is 0 Å². The number of rotatable bonds is 6. The maximum Gasteiger partial charge on any atom is 0.227 e. The summed E-state index contributed by atoms with van der Waals surface area (Å²) in [5, 5.41) is 9.09. The molecule has 0 aliphatic heterocycles. The Morgan fingerprint density at radius 2 is 2.17 bits per heavy atom. The van der Waals surface area contributed by atoms with Crippen LogP contribution in [0.4, 0.5) is 5.13 Å². The Bertz CT molecular complexity index is 842. The molecule has 1 amide bonds. The van der Waals surface area contributed by atoms with Gasteiger partial charge in [0, 0.05) is 23.8 Å². The van der Waals surface area contributed by atoms with E-state index in [0.717, 1.165) is 16.8 Å². The monoisotopic (exact) mass is 343 g/mol. The van der Waals surface area contributed by atoms with Crippen molar-refractivity contribution in [3.8, 4) is 11.4 Å². The molecule has 0 aliphatic rings. The van der Waals surface area contributed by atoms with Crippen molar-refractivity contribution in [3.63, 3.8) is 0 Å². The number of nitrogens with two attached hydrogens (primary N) is 1. The number of nitrogens with zero attached hydrogens (tertiary/aromatic N) is 3. The van der Waals surface area contributed by atoms with Gasteiger partial charge in [-0.15, -0.1) is 11.3 Å². The van der Waals surface area contributed by atoms with Gasteiger partial charge in [-0.3, -0.25) is 4.79 Å². The van der Waals surface area contributed by atoms with Gasteiger partial charge in [-0.25, -0.2) is 4.98 Å². The van der Waals surface area contributed by atoms with Gasteiger partial charge in [-0.05, 0) is 12.5 Å². The molecule has 3 rings (SSSR count). The van der Waals surface area contributed by atoms with Crippen molar-refractivity contribution in [1.82, 2.24) is 20.4 Å². The largest absolute Gasteiger partial charge is 0.375 e. The number of anilines is 1. The number of nitrogens with one attached hydrogen (secondary N) is 1. The molecule has 3 N–H and O–H groups in total. The molecule has 0 atom stereocenters. The van der Waals surface area contributed by atoms with Crippen molar-refractivity contribution in [3.05, 3.63) is 46.8 Å². The van der Waals surface area contributed by atoms with Gasteiger partial charge in [0.1, 0.15) is 0 Å². The van der Waals surface area contributed by atoms with E-state index in [4.69, 9.17) is 10.3 Å². The zero-order valence-electron chi connectivity index (χ0n) is 13.2. The second-order valence-corrected chi connectivity index (χ2v) is 6.17. The molecule has 0 saturated heterocycles. The van der Waals surface area contributed by atoms with Gasteiger partial charge in [0.15, 0.2) is 5.13 Å². The Hall–Kier alpha value is -2.74. The molecule has 24 heavy (non-hydrogen) atoms. The average Bonchev–Trinajstić information content (AvgIpc) is 3.20. The van der Waals surface area contributed by atoms with Crippen LogP contribution in [-0.2, 0) is 17.8 Å². The molecule has 124 valence electrons. The van der Waals surface area contributed by atoms with Crippen molar-refractivity contribution >= 4 is 22.4 Å². The SMILES string of the molecule is Cc1ccccc1-c1noc(CCC(=O)NCc2csc(N)n2)n1. The third-order valence-corrected chi connectivity index (χ3v) is 4.18. The van der Waals surface area contributed by atoms with E-state index in [2.05, 4.69) is 20.4 Å². The standard InChI is InChI=1S/C16H17N5O2S/c1-10-4-2-3-5-12(10)15-20-14(23-21-15)7-6-13(22)18-8-11-9-24-16(17)19-11/h2-5,9H,6-8H2,1H3,(H2,17,19)(H,18,22). The van der Waals surface area contributed by atoms with Crippen LogP contribution in [0, 0.1) is 6.92 Å². The first kappa shape index (κ1) is 16.1. The summed E-state index contributed by atoms with van der Waals surface area (Å²) < 4.78 is 5.22. The predicted molar refractivity (Wildman–Crippen MR) is 91.2 cm³/mol. The molecule has 7 nitrogen and oxygen atoms in total. The van der Waals surface area contributed by atoms with Gasteiger partial charge in [0.2, 0.25) is 17.6 Å². The van der Waals surface area contributed by atoms with Crippen LogP contribution >= 0.6 is 11.3 Å². The highest BCUT2D eigenvalue weighted by Crippen LogP contribution is 2.20. The lowest BCUT2D eigenvalue weighted by Gasteiger charge is -2.01. The number of hydrogen-bond donors (Lipinski definition) is 2. The molecule has 2 aromatic heterocycles. The fourth-order valence-electron chi connectivity index (χ4n) is 2.19. The summed E-state index contributed by atoms with van der Waals surface area (Å²) in [7, 11) is 0. The van der Waals surface area contributed by atoms with Crippen molar-refractivity contribution < 1.29 is 9.32 Å². The number of benzene rings is 1. The molecule has 1 aromatic carbocycles. The molecular formula is C16H17N5O2S. The van der Waals surface area contributed by atoms with Gasteiger partial charge in [-0.1, -0.05) is 29.4 Å². The van der Waals surface area contributed by atoms with Crippen molar-refractivity contribution in [2.45, 2.75) is 26.3 Å². The number of carbonyl (C=O) groups excluding carboxylic acids is 1. The Morgan fingerprint density at radius 1 is 1.33 bits per heavy atom. The first-order chi connectivity index (χ1) is 11.6. The zero-order chi connectivity index (χ0) is 16.9. The lowest BCUT2D eigenvalue weighted by atomic mass is 10.1. The molecule has 0 bridgehead atoms. The van der Waals surface area contributed by atoms with Crippen LogP contribution < -0.4 is 11.1 Å². The van der Waals surface area contributed by atoms with Crippen LogP contribution in [-0.4, -0.2) is 21.0 Å². The zero-order valence-corrected chi connectivity index (χ0v) is 14.0. The molecular weight excluding hydrogens is 326 g/mol. The topological polar surface area (TPSA) is 107 Å². The molecule has 0 saturated carbocycles. The molecule has 0 unspecified atom stereocenters. The van der Waals surface area contributed by atoms with E-state index in [1.54, 1.807) is 0 Å². The normalized spacial score (nSPS) is 10.7. The highest BCUT2D eigenvalue weighted by Gasteiger charge is 2.12. The van der Waals surface area contributed by atoms with Crippen molar-refractivity contribution in [1.29, 1.82) is 0 Å². The Labute approximate surface area is 142 Å². The number of hydrogen-bond acceptors (Lipinski definition) is 7. The lowest BCUT2D eigenvalue weighted by Crippen LogP contribution is -2.23. The van der Waals surface area contributed by atoms with E-state index in [0.29, 0.717) is 29.8 Å². The Morgan fingerprint density at radius 3 is 2.92 bits per heavy atom. The van der Waals surface area contributed by atoms with Crippen LogP contribution in [0.2, 0.25) is 0 Å². The summed E-state index contributed by atoms with van der Waals surface area (Å²) in [6, 6.07) is 7.82. The number of amides is 1. The third-order valence-electron chi connectivity index (χ3n) is 3.46. The molecule has 0 aliphatic carbocycles. The smallest absolute Gasteiger partial charge is 0.227 e. The first-order valence-electron chi connectivity index (χ1n) is 7.47. The van der Waals surface area contributed by atoms with E-state index in [9.17, 15) is 4.79 Å². The molecule has 0 spiro atoms. The summed E-state index contributed by atoms with van der Waals surface area (Å²) >= 11 is 1.35. The van der Waals surface area contributed by atoms with Crippen LogP contribution in [0.15, 0.2) is 34.2 Å². The van der Waals surface area contributed by atoms with Crippen LogP contribution in [0.1, 0.15) is 23.6 Å². The minimum absolute atomic E-state index is 0.0998. The average molecular weight is 343 g/mol. The summed E-state index contributed by atoms with van der Waals surface area (Å²) in [5.74, 6) is 0.889. The molecule has 0 fully saturated rings. The number of nitrogen functional groups attached to an aromatic ring is 1. The third kappa shape index (κ3) is 3.96. The molecule has 0 radical (unpaired) electrons. The van der Waals surface area contributed by atoms with Gasteiger partial charge in [0.25, 0.3) is 0 Å². The van der Waals surface area contributed by atoms with Crippen LogP contribution in [0.3, 0.4) is 0 Å². The summed E-state index contributed by atoms with van der Waals surface area (Å²) in [5.41, 5.74) is 8.31. The second kappa shape index (κ2) is 7.22. The van der Waals surface area contributed by atoms with Gasteiger partial charge in [0.05, 0.1) is 12.2 Å². The second-order valence-electron chi connectivity index (χ2n) is 5.28. The fourth-order valence-corrected chi connectivity index (χ4v) is 2.75. The van der Waals surface area contributed by atoms with Crippen LogP contribution in [0.25, 0.3) is 11.4 Å². The summed E-state index contributed by atoms with van der Waals surface area (Å²) in [6.07, 6.45) is 0.666. The minimum Gasteiger partial charge on any atom is -0.375 e. The van der Waals surface area contributed by atoms with Crippen molar-refractivity contribution in [2.75, 3.05) is 5.73 Å². The Kier molecular flexibility index (Phi) is 4.85. The minimum atomic E-state index is -0.0998. The Balaban J connectivity index is 1.52. The molecule has 2 heterocycles. The van der Waals surface area contributed by atoms with E-state index in [1.807, 2.05) is 36.6 Å². The summed E-state index contributed by atoms with van der Waals surface area (Å²) in [6.45, 7) is 2.36. The van der Waals surface area contributed by atoms with Crippen LogP contribution in [0.5, 0.6) is 0 Å². The van der Waals surface area contributed by atoms with Crippen molar-refractivity contribution in [2.24, 2.45) is 0 Å². The van der Waals surface area contributed by atoms with E-state index in [1.165, 1.54) is 11.3 Å². The van der Waals surface area contributed by atoms with Gasteiger partial charge < -0.3 is 15.6 Å². The number of thiazole rings is 1. The fraction of sp³-hybridized carbons (Fsp3) is 0.250. The highest BCUT2D eigenvalue weighted by molar-refractivity contribution is 7.13. The predicted octanol–water partition coefficient (Wildman–Crippen LogP) is 2.33. The van der Waals surface area contributed by atoms with E-state index in [-0.39, 0.29) is 12.3 Å². The van der Waals surface area contributed by atoms with Gasteiger partial charge in [-0.2, -0.15) is 4.98 Å². The molecule has 3 aromatic rings. The lowest BCUT2D eigenvalue weighted by molar-refractivity contribution is -0.121. The van der Waals surface area contributed by atoms with E-state index < -0.39 is 0 Å². The number of aromatic nitrogens is 3. The quantitative estimate of drug-likeness (QED) is 0.711. The molecule has 8 heteroatoms. The summed E-state index contributed by atoms with van der Waals surface area (Å²) in [4.78, 5) is 20.3.